The molecule has 8 aromatic carbocycles. The average Bonchev–Trinajstić information content (AvgIpc) is 4.02. The molecule has 4 heteroatoms. The van der Waals surface area contributed by atoms with Gasteiger partial charge < -0.3 is 18.3 Å². The van der Waals surface area contributed by atoms with Gasteiger partial charge in [0.25, 0.3) is 0 Å². The summed E-state index contributed by atoms with van der Waals surface area (Å²) < 4.78 is 9.46. The van der Waals surface area contributed by atoms with Crippen LogP contribution in [0, 0.1) is 0 Å². The Labute approximate surface area is 310 Å². The van der Waals surface area contributed by atoms with E-state index in [-0.39, 0.29) is 0 Å². The second-order valence-corrected chi connectivity index (χ2v) is 14.2. The predicted octanol–water partition coefficient (Wildman–Crippen LogP) is 12.9. The first-order chi connectivity index (χ1) is 26.8. The number of benzene rings is 8. The van der Waals surface area contributed by atoms with Crippen LogP contribution in [0.4, 0.5) is 0 Å². The zero-order chi connectivity index (χ0) is 35.3. The van der Waals surface area contributed by atoms with E-state index in [1.807, 2.05) is 0 Å². The van der Waals surface area contributed by atoms with Gasteiger partial charge in [-0.05, 0) is 90.3 Å². The zero-order valence-electron chi connectivity index (χ0n) is 29.3. The number of hydrogen-bond acceptors (Lipinski definition) is 0. The van der Waals surface area contributed by atoms with Crippen molar-refractivity contribution in [3.8, 4) is 22.7 Å². The van der Waals surface area contributed by atoms with Gasteiger partial charge in [-0.1, -0.05) is 97.1 Å². The lowest BCUT2D eigenvalue weighted by molar-refractivity contribution is 1.11. The highest BCUT2D eigenvalue weighted by molar-refractivity contribution is 6.24. The van der Waals surface area contributed by atoms with Crippen LogP contribution in [0.25, 0.3) is 98.9 Å². The molecule has 4 aromatic heterocycles. The van der Waals surface area contributed by atoms with E-state index in [1.165, 1.54) is 76.2 Å². The SMILES string of the molecule is c1ccc2c(c1)c1ccn(-c3ccc(-n4c5ccccc5c5ccccc54)cc3)c1c1ccn(-c3ccc(-n4c5ccccc5c5ccccc54)cc3)c21. The first kappa shape index (κ1) is 29.3. The fourth-order valence-corrected chi connectivity index (χ4v) is 9.10. The Balaban J connectivity index is 1.01. The summed E-state index contributed by atoms with van der Waals surface area (Å²) in [5, 5.41) is 10.1. The van der Waals surface area contributed by atoms with E-state index < -0.39 is 0 Å². The van der Waals surface area contributed by atoms with E-state index in [0.29, 0.717) is 0 Å². The molecular weight excluding hydrogens is 657 g/mol. The smallest absolute Gasteiger partial charge is 0.0628 e. The van der Waals surface area contributed by atoms with Crippen LogP contribution in [0.5, 0.6) is 0 Å². The molecule has 0 amide bonds. The Morgan fingerprint density at radius 1 is 0.222 bits per heavy atom. The van der Waals surface area contributed by atoms with Crippen LogP contribution in [0.1, 0.15) is 0 Å². The molecule has 4 nitrogen and oxygen atoms in total. The fraction of sp³-hybridized carbons (Fsp3) is 0. The molecule has 12 rings (SSSR count). The maximum Gasteiger partial charge on any atom is 0.0628 e. The van der Waals surface area contributed by atoms with E-state index in [2.05, 4.69) is 213 Å². The van der Waals surface area contributed by atoms with Crippen molar-refractivity contribution in [2.24, 2.45) is 0 Å². The van der Waals surface area contributed by atoms with Crippen LogP contribution in [0.15, 0.2) is 194 Å². The molecule has 0 aliphatic heterocycles. The van der Waals surface area contributed by atoms with Gasteiger partial charge in [0.05, 0.1) is 33.1 Å². The molecule has 0 aliphatic carbocycles. The van der Waals surface area contributed by atoms with Gasteiger partial charge in [0.1, 0.15) is 0 Å². The van der Waals surface area contributed by atoms with Crippen LogP contribution in [0.2, 0.25) is 0 Å². The van der Waals surface area contributed by atoms with Gasteiger partial charge in [0.2, 0.25) is 0 Å². The third-order valence-corrected chi connectivity index (χ3v) is 11.4. The molecule has 0 bridgehead atoms. The molecule has 0 N–H and O–H groups in total. The molecule has 0 saturated heterocycles. The maximum atomic E-state index is 2.38. The third kappa shape index (κ3) is 4.02. The second kappa shape index (κ2) is 11.1. The van der Waals surface area contributed by atoms with Gasteiger partial charge in [0, 0.05) is 72.8 Å². The molecule has 4 heterocycles. The Morgan fingerprint density at radius 3 is 0.926 bits per heavy atom. The second-order valence-electron chi connectivity index (χ2n) is 14.2. The minimum atomic E-state index is 1.13. The molecule has 0 fully saturated rings. The Kier molecular flexibility index (Phi) is 6.02. The van der Waals surface area contributed by atoms with Gasteiger partial charge in [-0.25, -0.2) is 0 Å². The van der Waals surface area contributed by atoms with Crippen LogP contribution < -0.4 is 0 Å². The topological polar surface area (TPSA) is 19.7 Å². The summed E-state index contributed by atoms with van der Waals surface area (Å²) in [4.78, 5) is 0. The van der Waals surface area contributed by atoms with Crippen molar-refractivity contribution >= 4 is 76.2 Å². The molecule has 0 radical (unpaired) electrons. The molecule has 0 aliphatic rings. The summed E-state index contributed by atoms with van der Waals surface area (Å²) >= 11 is 0. The van der Waals surface area contributed by atoms with Crippen LogP contribution >= 0.6 is 0 Å². The highest BCUT2D eigenvalue weighted by atomic mass is 15.0. The standard InChI is InChI=1S/C50H32N4/c1-2-16-42-37(11-1)43-29-31-51(33-21-25-35(26-22-33)53-45-17-7-3-12-38(45)39-13-4-8-18-46(39)53)50(43)44-30-32-52(49(42)44)34-23-27-36(28-24-34)54-47-19-9-5-14-40(47)41-15-6-10-20-48(41)54/h1-32H. The van der Waals surface area contributed by atoms with Crippen LogP contribution in [-0.4, -0.2) is 18.3 Å². The Morgan fingerprint density at radius 2 is 0.519 bits per heavy atom. The third-order valence-electron chi connectivity index (χ3n) is 11.4. The maximum absolute atomic E-state index is 2.38. The summed E-state index contributed by atoms with van der Waals surface area (Å²) in [5.74, 6) is 0. The summed E-state index contributed by atoms with van der Waals surface area (Å²) in [6, 6.07) is 66.1. The van der Waals surface area contributed by atoms with Gasteiger partial charge >= 0.3 is 0 Å². The van der Waals surface area contributed by atoms with Gasteiger partial charge in [0.15, 0.2) is 0 Å². The molecule has 0 saturated carbocycles. The fourth-order valence-electron chi connectivity index (χ4n) is 9.10. The number of fused-ring (bicyclic) bond motifs is 12. The van der Waals surface area contributed by atoms with Gasteiger partial charge in [-0.2, -0.15) is 0 Å². The number of hydrogen-bond donors (Lipinski definition) is 0. The lowest BCUT2D eigenvalue weighted by Gasteiger charge is -2.14. The number of aromatic nitrogens is 4. The molecule has 12 aromatic rings. The minimum absolute atomic E-state index is 1.13. The van der Waals surface area contributed by atoms with E-state index in [9.17, 15) is 0 Å². The molecule has 54 heavy (non-hydrogen) atoms. The van der Waals surface area contributed by atoms with Gasteiger partial charge in [-0.3, -0.25) is 0 Å². The average molecular weight is 689 g/mol. The first-order valence-corrected chi connectivity index (χ1v) is 18.5. The highest BCUT2D eigenvalue weighted by Gasteiger charge is 2.18. The normalized spacial score (nSPS) is 12.1. The summed E-state index contributed by atoms with van der Waals surface area (Å²) in [6.07, 6.45) is 4.46. The molecule has 0 atom stereocenters. The van der Waals surface area contributed by atoms with Crippen molar-refractivity contribution in [3.05, 3.63) is 194 Å². The van der Waals surface area contributed by atoms with Gasteiger partial charge in [-0.15, -0.1) is 0 Å². The molecule has 0 spiro atoms. The summed E-state index contributed by atoms with van der Waals surface area (Å²) in [6.45, 7) is 0. The van der Waals surface area contributed by atoms with Crippen molar-refractivity contribution in [2.75, 3.05) is 0 Å². The van der Waals surface area contributed by atoms with E-state index in [4.69, 9.17) is 0 Å². The van der Waals surface area contributed by atoms with E-state index in [1.54, 1.807) is 0 Å². The number of rotatable bonds is 4. The zero-order valence-corrected chi connectivity index (χ0v) is 29.3. The largest absolute Gasteiger partial charge is 0.316 e. The molecule has 252 valence electrons. The molecule has 0 unspecified atom stereocenters. The molecular formula is C50H32N4. The lowest BCUT2D eigenvalue weighted by atomic mass is 10.0. The minimum Gasteiger partial charge on any atom is -0.316 e. The quantitative estimate of drug-likeness (QED) is 0.175. The van der Waals surface area contributed by atoms with Crippen molar-refractivity contribution < 1.29 is 0 Å². The highest BCUT2D eigenvalue weighted by Crippen LogP contribution is 2.40. The van der Waals surface area contributed by atoms with E-state index in [0.717, 1.165) is 22.7 Å². The van der Waals surface area contributed by atoms with Crippen molar-refractivity contribution in [1.29, 1.82) is 0 Å². The van der Waals surface area contributed by atoms with Crippen LogP contribution in [-0.2, 0) is 0 Å². The van der Waals surface area contributed by atoms with Crippen LogP contribution in [0.3, 0.4) is 0 Å². The summed E-state index contributed by atoms with van der Waals surface area (Å²) in [5.41, 5.74) is 11.9. The monoisotopic (exact) mass is 688 g/mol. The Bertz CT molecular complexity index is 3320. The van der Waals surface area contributed by atoms with E-state index >= 15 is 0 Å². The number of para-hydroxylation sites is 4. The number of nitrogens with zero attached hydrogens (tertiary/aromatic N) is 4. The van der Waals surface area contributed by atoms with Crippen molar-refractivity contribution in [1.82, 2.24) is 18.3 Å². The van der Waals surface area contributed by atoms with Crippen molar-refractivity contribution in [3.63, 3.8) is 0 Å². The first-order valence-electron chi connectivity index (χ1n) is 18.5. The lowest BCUT2D eigenvalue weighted by Crippen LogP contribution is -1.98. The summed E-state index contributed by atoms with van der Waals surface area (Å²) in [7, 11) is 0. The predicted molar refractivity (Wildman–Crippen MR) is 226 cm³/mol. The van der Waals surface area contributed by atoms with Crippen molar-refractivity contribution in [2.45, 2.75) is 0 Å². The Hall–Kier alpha value is -7.30.